The summed E-state index contributed by atoms with van der Waals surface area (Å²) in [6.07, 6.45) is 3.40. The number of sulfonamides is 1. The van der Waals surface area contributed by atoms with Crippen LogP contribution < -0.4 is 5.32 Å². The van der Waals surface area contributed by atoms with E-state index in [0.717, 1.165) is 53.4 Å². The van der Waals surface area contributed by atoms with Crippen LogP contribution in [0.1, 0.15) is 54.4 Å². The monoisotopic (exact) mass is 543 g/mol. The largest absolute Gasteiger partial charge is 0.388 e. The van der Waals surface area contributed by atoms with Gasteiger partial charge in [-0.3, -0.25) is 9.59 Å². The first kappa shape index (κ1) is 26.5. The highest BCUT2D eigenvalue weighted by Crippen LogP contribution is 2.36. The fourth-order valence-electron chi connectivity index (χ4n) is 5.22. The Hall–Kier alpha value is -3.15. The summed E-state index contributed by atoms with van der Waals surface area (Å²) in [5.74, 6) is -0.858. The van der Waals surface area contributed by atoms with Gasteiger partial charge in [0, 0.05) is 37.9 Å². The summed E-state index contributed by atoms with van der Waals surface area (Å²) in [6.45, 7) is 0.587. The second kappa shape index (κ2) is 10.9. The van der Waals surface area contributed by atoms with Crippen molar-refractivity contribution >= 4 is 26.8 Å². The molecule has 2 fully saturated rings. The maximum absolute atomic E-state index is 13.2. The molecule has 1 aliphatic carbocycles. The first-order chi connectivity index (χ1) is 18.3. The fourth-order valence-corrected chi connectivity index (χ4v) is 6.55. The van der Waals surface area contributed by atoms with Crippen LogP contribution in [0.5, 0.6) is 0 Å². The van der Waals surface area contributed by atoms with Gasteiger partial charge >= 0.3 is 0 Å². The van der Waals surface area contributed by atoms with Gasteiger partial charge in [0.15, 0.2) is 0 Å². The molecule has 202 valence electrons. The van der Waals surface area contributed by atoms with Crippen LogP contribution in [0.15, 0.2) is 59.8 Å². The van der Waals surface area contributed by atoms with E-state index in [1.54, 1.807) is 0 Å². The van der Waals surface area contributed by atoms with Crippen molar-refractivity contribution in [3.05, 3.63) is 71.5 Å². The zero-order valence-electron chi connectivity index (χ0n) is 20.8. The van der Waals surface area contributed by atoms with Crippen LogP contribution in [0.4, 0.5) is 4.39 Å². The Balaban J connectivity index is 1.13. The number of halogens is 1. The fraction of sp³-hybridized carbons (Fsp3) is 0.444. The van der Waals surface area contributed by atoms with Crippen molar-refractivity contribution in [2.45, 2.75) is 62.9 Å². The van der Waals surface area contributed by atoms with Crippen molar-refractivity contribution in [2.24, 2.45) is 5.16 Å². The minimum absolute atomic E-state index is 0.0533. The molecule has 5 rings (SSSR count). The smallest absolute Gasteiger partial charge is 0.291 e. The standard InChI is InChI=1S/C27H30FN3O6S/c28-21-11-9-20(10-12-21)26(33)38(34,35)31-15-13-27(14-16-31)17-23(30-37-27)25(32)29-22-7-4-8-24(22)36-18-19-5-2-1-3-6-19/h1-3,5-6,9-12,22,24H,4,7-8,13-18H2,(H,29,32). The second-order valence-electron chi connectivity index (χ2n) is 10.0. The molecular formula is C27H30FN3O6S. The van der Waals surface area contributed by atoms with Gasteiger partial charge in [-0.25, -0.2) is 12.8 Å². The Kier molecular flexibility index (Phi) is 7.60. The van der Waals surface area contributed by atoms with Crippen LogP contribution in [0.25, 0.3) is 0 Å². The molecule has 2 aromatic carbocycles. The first-order valence-corrected chi connectivity index (χ1v) is 14.2. The summed E-state index contributed by atoms with van der Waals surface area (Å²) >= 11 is 0. The van der Waals surface area contributed by atoms with E-state index in [4.69, 9.17) is 9.57 Å². The molecule has 9 nitrogen and oxygen atoms in total. The van der Waals surface area contributed by atoms with Crippen LogP contribution in [0, 0.1) is 5.82 Å². The maximum atomic E-state index is 13.2. The van der Waals surface area contributed by atoms with Crippen molar-refractivity contribution in [2.75, 3.05) is 13.1 Å². The number of oxime groups is 1. The molecule has 1 amide bonds. The molecule has 1 saturated carbocycles. The third kappa shape index (κ3) is 5.64. The van der Waals surface area contributed by atoms with E-state index < -0.39 is 26.6 Å². The average molecular weight is 544 g/mol. The van der Waals surface area contributed by atoms with Gasteiger partial charge in [-0.2, -0.15) is 4.31 Å². The van der Waals surface area contributed by atoms with Gasteiger partial charge in [-0.05, 0) is 49.1 Å². The zero-order chi connectivity index (χ0) is 26.8. The highest BCUT2D eigenvalue weighted by Gasteiger charge is 2.47. The van der Waals surface area contributed by atoms with Crippen molar-refractivity contribution in [1.82, 2.24) is 9.62 Å². The maximum Gasteiger partial charge on any atom is 0.291 e. The summed E-state index contributed by atoms with van der Waals surface area (Å²) in [4.78, 5) is 31.2. The molecule has 1 saturated heterocycles. The predicted octanol–water partition coefficient (Wildman–Crippen LogP) is 3.16. The zero-order valence-corrected chi connectivity index (χ0v) is 21.7. The Bertz CT molecular complexity index is 1310. The van der Waals surface area contributed by atoms with Crippen molar-refractivity contribution < 1.29 is 32.0 Å². The molecule has 1 spiro atoms. The lowest BCUT2D eigenvalue weighted by molar-refractivity contribution is -0.116. The normalized spacial score (nSPS) is 23.1. The number of amides is 1. The number of benzene rings is 2. The highest BCUT2D eigenvalue weighted by molar-refractivity contribution is 8.04. The summed E-state index contributed by atoms with van der Waals surface area (Å²) in [6, 6.07) is 14.2. The van der Waals surface area contributed by atoms with Gasteiger partial charge in [-0.1, -0.05) is 35.5 Å². The van der Waals surface area contributed by atoms with E-state index in [2.05, 4.69) is 10.5 Å². The molecule has 0 aromatic heterocycles. The van der Waals surface area contributed by atoms with Gasteiger partial charge in [-0.15, -0.1) is 0 Å². The molecule has 2 aliphatic heterocycles. The lowest BCUT2D eigenvalue weighted by Gasteiger charge is -2.36. The molecule has 2 atom stereocenters. The highest BCUT2D eigenvalue weighted by atomic mass is 32.2. The number of piperidine rings is 1. The van der Waals surface area contributed by atoms with E-state index >= 15 is 0 Å². The van der Waals surface area contributed by atoms with E-state index in [0.29, 0.717) is 6.61 Å². The van der Waals surface area contributed by atoms with Crippen LogP contribution in [-0.2, 0) is 31.0 Å². The molecule has 11 heteroatoms. The van der Waals surface area contributed by atoms with E-state index in [-0.39, 0.29) is 61.7 Å². The van der Waals surface area contributed by atoms with Crippen LogP contribution in [-0.4, -0.2) is 60.3 Å². The molecule has 2 heterocycles. The van der Waals surface area contributed by atoms with Crippen LogP contribution in [0.3, 0.4) is 0 Å². The van der Waals surface area contributed by atoms with E-state index in [1.807, 2.05) is 30.3 Å². The van der Waals surface area contributed by atoms with Gasteiger partial charge in [0.05, 0.1) is 18.8 Å². The lowest BCUT2D eigenvalue weighted by atomic mass is 9.87. The molecular weight excluding hydrogens is 513 g/mol. The lowest BCUT2D eigenvalue weighted by Crippen LogP contribution is -2.49. The quantitative estimate of drug-likeness (QED) is 0.574. The van der Waals surface area contributed by atoms with E-state index in [1.165, 1.54) is 0 Å². The number of carbonyl (C=O) groups is 2. The van der Waals surface area contributed by atoms with E-state index in [9.17, 15) is 22.4 Å². The SMILES string of the molecule is O=C(NC1CCCC1OCc1ccccc1)C1=NOC2(CCN(S(=O)(=O)C(=O)c3ccc(F)cc3)CC2)C1. The van der Waals surface area contributed by atoms with Crippen LogP contribution in [0.2, 0.25) is 0 Å². The molecule has 2 aromatic rings. The topological polar surface area (TPSA) is 114 Å². The number of rotatable bonds is 7. The summed E-state index contributed by atoms with van der Waals surface area (Å²) < 4.78 is 46.1. The number of hydrogen-bond donors (Lipinski definition) is 1. The van der Waals surface area contributed by atoms with Crippen LogP contribution >= 0.6 is 0 Å². The molecule has 0 radical (unpaired) electrons. The Morgan fingerprint density at radius 1 is 1.08 bits per heavy atom. The van der Waals surface area contributed by atoms with Gasteiger partial charge in [0.1, 0.15) is 17.1 Å². The molecule has 2 unspecified atom stereocenters. The second-order valence-corrected chi connectivity index (χ2v) is 11.9. The summed E-state index contributed by atoms with van der Waals surface area (Å²) in [5.41, 5.74) is 0.477. The first-order valence-electron chi connectivity index (χ1n) is 12.8. The molecule has 3 aliphatic rings. The van der Waals surface area contributed by atoms with Gasteiger partial charge in [0.2, 0.25) is 0 Å². The van der Waals surface area contributed by atoms with Crippen molar-refractivity contribution in [3.8, 4) is 0 Å². The third-order valence-corrected chi connectivity index (χ3v) is 9.21. The Morgan fingerprint density at radius 2 is 1.79 bits per heavy atom. The summed E-state index contributed by atoms with van der Waals surface area (Å²) in [5, 5.41) is 6.02. The third-order valence-electron chi connectivity index (χ3n) is 7.46. The van der Waals surface area contributed by atoms with Gasteiger partial charge in [0.25, 0.3) is 21.0 Å². The van der Waals surface area contributed by atoms with Crippen molar-refractivity contribution in [3.63, 3.8) is 0 Å². The number of nitrogens with zero attached hydrogens (tertiary/aromatic N) is 2. The number of nitrogens with one attached hydrogen (secondary N) is 1. The number of hydrogen-bond acceptors (Lipinski definition) is 7. The molecule has 38 heavy (non-hydrogen) atoms. The summed E-state index contributed by atoms with van der Waals surface area (Å²) in [7, 11) is -4.27. The van der Waals surface area contributed by atoms with Crippen molar-refractivity contribution in [1.29, 1.82) is 0 Å². The van der Waals surface area contributed by atoms with Gasteiger partial charge < -0.3 is 14.9 Å². The predicted molar refractivity (Wildman–Crippen MR) is 137 cm³/mol. The number of carbonyl (C=O) groups excluding carboxylic acids is 2. The Morgan fingerprint density at radius 3 is 2.50 bits per heavy atom. The molecule has 1 N–H and O–H groups in total. The average Bonchev–Trinajstić information content (AvgIpc) is 3.55. The molecule has 0 bridgehead atoms. The number of ether oxygens (including phenoxy) is 1. The minimum Gasteiger partial charge on any atom is -0.388 e. The Labute approximate surface area is 221 Å². The minimum atomic E-state index is -4.27.